The fraction of sp³-hybridized carbons (Fsp3) is 0.176. The highest BCUT2D eigenvalue weighted by Gasteiger charge is 2.06. The normalized spacial score (nSPS) is 12.0. The maximum absolute atomic E-state index is 4.40. The number of aromatic nitrogens is 3. The number of rotatable bonds is 5. The zero-order valence-electron chi connectivity index (χ0n) is 12.0. The summed E-state index contributed by atoms with van der Waals surface area (Å²) in [5, 5.41) is 7.85. The van der Waals surface area contributed by atoms with E-state index in [1.54, 1.807) is 0 Å². The van der Waals surface area contributed by atoms with E-state index in [0.29, 0.717) is 0 Å². The molecule has 3 aromatic rings. The van der Waals surface area contributed by atoms with Crippen LogP contribution in [0.25, 0.3) is 0 Å². The number of nitrogens with one attached hydrogen (secondary N) is 1. The number of benzene rings is 1. The molecule has 0 fully saturated rings. The molecule has 1 aromatic carbocycles. The van der Waals surface area contributed by atoms with Gasteiger partial charge in [-0.25, -0.2) is 0 Å². The third-order valence-electron chi connectivity index (χ3n) is 3.41. The summed E-state index contributed by atoms with van der Waals surface area (Å²) in [4.78, 5) is 4.04. The Kier molecular flexibility index (Phi) is 3.96. The molecular formula is C17H18N4. The lowest BCUT2D eigenvalue weighted by atomic mass is 10.1. The minimum atomic E-state index is 0.224. The van der Waals surface area contributed by atoms with Crippen LogP contribution >= 0.6 is 0 Å². The van der Waals surface area contributed by atoms with E-state index in [-0.39, 0.29) is 6.04 Å². The van der Waals surface area contributed by atoms with Crippen molar-refractivity contribution in [3.63, 3.8) is 0 Å². The highest BCUT2D eigenvalue weighted by atomic mass is 15.3. The first-order valence-electron chi connectivity index (χ1n) is 7.04. The summed E-state index contributed by atoms with van der Waals surface area (Å²) in [6, 6.07) is 14.6. The Morgan fingerprint density at radius 3 is 2.62 bits per heavy atom. The molecule has 0 aliphatic heterocycles. The molecular weight excluding hydrogens is 260 g/mol. The molecule has 0 aliphatic rings. The minimum absolute atomic E-state index is 0.224. The Morgan fingerprint density at radius 1 is 1.10 bits per heavy atom. The number of nitrogens with zero attached hydrogens (tertiary/aromatic N) is 3. The maximum Gasteiger partial charge on any atom is 0.0731 e. The zero-order chi connectivity index (χ0) is 14.5. The molecule has 2 heterocycles. The smallest absolute Gasteiger partial charge is 0.0731 e. The fourth-order valence-electron chi connectivity index (χ4n) is 2.28. The molecule has 2 aromatic heterocycles. The van der Waals surface area contributed by atoms with Crippen LogP contribution in [0.3, 0.4) is 0 Å². The van der Waals surface area contributed by atoms with Crippen molar-refractivity contribution in [2.45, 2.75) is 19.5 Å². The molecule has 1 unspecified atom stereocenters. The van der Waals surface area contributed by atoms with Gasteiger partial charge in [0.15, 0.2) is 0 Å². The second-order valence-electron chi connectivity index (χ2n) is 5.06. The van der Waals surface area contributed by atoms with E-state index < -0.39 is 0 Å². The standard InChI is InChI=1S/C17H18N4/c1-14(16-7-9-18-10-8-16)20-17-11-19-21(13-17)12-15-5-3-2-4-6-15/h2-11,13-14,20H,12H2,1H3. The molecule has 1 N–H and O–H groups in total. The Morgan fingerprint density at radius 2 is 1.86 bits per heavy atom. The number of pyridine rings is 1. The van der Waals surface area contributed by atoms with Gasteiger partial charge in [-0.2, -0.15) is 5.10 Å². The highest BCUT2D eigenvalue weighted by Crippen LogP contribution is 2.18. The lowest BCUT2D eigenvalue weighted by molar-refractivity contribution is 0.687. The van der Waals surface area contributed by atoms with E-state index in [0.717, 1.165) is 12.2 Å². The van der Waals surface area contributed by atoms with Crippen molar-refractivity contribution >= 4 is 5.69 Å². The molecule has 21 heavy (non-hydrogen) atoms. The summed E-state index contributed by atoms with van der Waals surface area (Å²) in [6.45, 7) is 2.91. The van der Waals surface area contributed by atoms with Gasteiger partial charge in [0.1, 0.15) is 0 Å². The van der Waals surface area contributed by atoms with Gasteiger partial charge in [0.2, 0.25) is 0 Å². The summed E-state index contributed by atoms with van der Waals surface area (Å²) >= 11 is 0. The Bertz CT molecular complexity index is 676. The van der Waals surface area contributed by atoms with Crippen molar-refractivity contribution in [3.05, 3.63) is 78.4 Å². The van der Waals surface area contributed by atoms with E-state index in [1.165, 1.54) is 11.1 Å². The van der Waals surface area contributed by atoms with Crippen LogP contribution in [0.1, 0.15) is 24.1 Å². The van der Waals surface area contributed by atoms with Crippen LogP contribution in [-0.2, 0) is 6.54 Å². The molecule has 0 spiro atoms. The van der Waals surface area contributed by atoms with E-state index >= 15 is 0 Å². The highest BCUT2D eigenvalue weighted by molar-refractivity contribution is 5.41. The van der Waals surface area contributed by atoms with Crippen LogP contribution in [-0.4, -0.2) is 14.8 Å². The molecule has 1 atom stereocenters. The Labute approximate surface area is 124 Å². The summed E-state index contributed by atoms with van der Waals surface area (Å²) in [5.41, 5.74) is 3.48. The predicted molar refractivity (Wildman–Crippen MR) is 84.0 cm³/mol. The summed E-state index contributed by atoms with van der Waals surface area (Å²) in [7, 11) is 0. The summed E-state index contributed by atoms with van der Waals surface area (Å²) < 4.78 is 1.94. The molecule has 0 bridgehead atoms. The van der Waals surface area contributed by atoms with E-state index in [4.69, 9.17) is 0 Å². The number of anilines is 1. The van der Waals surface area contributed by atoms with Crippen molar-refractivity contribution in [1.29, 1.82) is 0 Å². The molecule has 106 valence electrons. The van der Waals surface area contributed by atoms with Crippen molar-refractivity contribution in [2.75, 3.05) is 5.32 Å². The molecule has 0 saturated carbocycles. The Balaban J connectivity index is 1.65. The third-order valence-corrected chi connectivity index (χ3v) is 3.41. The topological polar surface area (TPSA) is 42.7 Å². The van der Waals surface area contributed by atoms with Crippen LogP contribution in [0, 0.1) is 0 Å². The summed E-state index contributed by atoms with van der Waals surface area (Å²) in [6.07, 6.45) is 7.52. The van der Waals surface area contributed by atoms with Gasteiger partial charge >= 0.3 is 0 Å². The average molecular weight is 278 g/mol. The van der Waals surface area contributed by atoms with Crippen molar-refractivity contribution in [1.82, 2.24) is 14.8 Å². The minimum Gasteiger partial charge on any atom is -0.376 e. The summed E-state index contributed by atoms with van der Waals surface area (Å²) in [5.74, 6) is 0. The second-order valence-corrected chi connectivity index (χ2v) is 5.06. The molecule has 0 saturated heterocycles. The van der Waals surface area contributed by atoms with Gasteiger partial charge in [-0.15, -0.1) is 0 Å². The molecule has 4 heteroatoms. The molecule has 0 amide bonds. The van der Waals surface area contributed by atoms with Crippen LogP contribution in [0.5, 0.6) is 0 Å². The zero-order valence-corrected chi connectivity index (χ0v) is 12.0. The SMILES string of the molecule is CC(Nc1cnn(Cc2ccccc2)c1)c1ccncc1. The van der Waals surface area contributed by atoms with Gasteiger partial charge < -0.3 is 5.32 Å². The number of hydrogen-bond acceptors (Lipinski definition) is 3. The van der Waals surface area contributed by atoms with Crippen LogP contribution in [0.4, 0.5) is 5.69 Å². The molecule has 0 radical (unpaired) electrons. The van der Waals surface area contributed by atoms with Gasteiger partial charge in [0.25, 0.3) is 0 Å². The fourth-order valence-corrected chi connectivity index (χ4v) is 2.28. The van der Waals surface area contributed by atoms with E-state index in [9.17, 15) is 0 Å². The number of hydrogen-bond donors (Lipinski definition) is 1. The van der Waals surface area contributed by atoms with E-state index in [2.05, 4.69) is 34.5 Å². The van der Waals surface area contributed by atoms with Gasteiger partial charge in [-0.05, 0) is 30.2 Å². The van der Waals surface area contributed by atoms with Crippen molar-refractivity contribution < 1.29 is 0 Å². The van der Waals surface area contributed by atoms with Gasteiger partial charge in [-0.3, -0.25) is 9.67 Å². The third kappa shape index (κ3) is 3.48. The van der Waals surface area contributed by atoms with Crippen LogP contribution < -0.4 is 5.32 Å². The van der Waals surface area contributed by atoms with Crippen molar-refractivity contribution in [2.24, 2.45) is 0 Å². The van der Waals surface area contributed by atoms with Gasteiger partial charge in [0, 0.05) is 24.6 Å². The first kappa shape index (κ1) is 13.4. The van der Waals surface area contributed by atoms with E-state index in [1.807, 2.05) is 59.8 Å². The van der Waals surface area contributed by atoms with Crippen LogP contribution in [0.2, 0.25) is 0 Å². The molecule has 4 nitrogen and oxygen atoms in total. The maximum atomic E-state index is 4.40. The van der Waals surface area contributed by atoms with Crippen molar-refractivity contribution in [3.8, 4) is 0 Å². The quantitative estimate of drug-likeness (QED) is 0.776. The van der Waals surface area contributed by atoms with Crippen LogP contribution in [0.15, 0.2) is 67.3 Å². The monoisotopic (exact) mass is 278 g/mol. The Hall–Kier alpha value is -2.62. The van der Waals surface area contributed by atoms with Gasteiger partial charge in [-0.1, -0.05) is 30.3 Å². The van der Waals surface area contributed by atoms with Gasteiger partial charge in [0.05, 0.1) is 18.4 Å². The lowest BCUT2D eigenvalue weighted by Crippen LogP contribution is -2.06. The first-order valence-corrected chi connectivity index (χ1v) is 7.04. The lowest BCUT2D eigenvalue weighted by Gasteiger charge is -2.13. The predicted octanol–water partition coefficient (Wildman–Crippen LogP) is 3.50. The largest absolute Gasteiger partial charge is 0.376 e. The molecule has 0 aliphatic carbocycles. The first-order chi connectivity index (χ1) is 10.3. The second kappa shape index (κ2) is 6.22. The average Bonchev–Trinajstić information content (AvgIpc) is 2.96. The molecule has 3 rings (SSSR count).